The predicted molar refractivity (Wildman–Crippen MR) is 59.4 cm³/mol. The molecule has 0 aromatic heterocycles. The van der Waals surface area contributed by atoms with Crippen LogP contribution in [-0.4, -0.2) is 28.9 Å². The fourth-order valence-electron chi connectivity index (χ4n) is 1.93. The second kappa shape index (κ2) is 2.97. The Morgan fingerprint density at radius 2 is 2.00 bits per heavy atom. The lowest BCUT2D eigenvalue weighted by atomic mass is 9.98. The molecule has 0 aromatic rings. The van der Waals surface area contributed by atoms with Crippen LogP contribution in [0.4, 0.5) is 0 Å². The lowest BCUT2D eigenvalue weighted by Crippen LogP contribution is -2.51. The van der Waals surface area contributed by atoms with Crippen molar-refractivity contribution in [3.63, 3.8) is 0 Å². The summed E-state index contributed by atoms with van der Waals surface area (Å²) in [6, 6.07) is 0. The highest BCUT2D eigenvalue weighted by Gasteiger charge is 2.43. The van der Waals surface area contributed by atoms with Crippen LogP contribution < -0.4 is 5.73 Å². The van der Waals surface area contributed by atoms with Crippen molar-refractivity contribution < 1.29 is 4.79 Å². The van der Waals surface area contributed by atoms with Crippen LogP contribution >= 0.6 is 0 Å². The Balaban J connectivity index is 2.15. The summed E-state index contributed by atoms with van der Waals surface area (Å²) in [6.07, 6.45) is 2.84. The Kier molecular flexibility index (Phi) is 2.07. The summed E-state index contributed by atoms with van der Waals surface area (Å²) in [5.74, 6) is 0.505. The van der Waals surface area contributed by atoms with E-state index in [9.17, 15) is 4.79 Å². The van der Waals surface area contributed by atoms with E-state index in [0.717, 1.165) is 6.54 Å². The van der Waals surface area contributed by atoms with Crippen molar-refractivity contribution in [1.82, 2.24) is 4.90 Å². The Bertz CT molecular complexity index is 329. The van der Waals surface area contributed by atoms with Gasteiger partial charge in [0, 0.05) is 6.54 Å². The zero-order chi connectivity index (χ0) is 11.3. The largest absolute Gasteiger partial charge is 0.369 e. The Hall–Kier alpha value is -1.06. The minimum atomic E-state index is -0.331. The molecule has 84 valence electrons. The molecule has 1 aliphatic heterocycles. The number of carbonyl (C=O) groups is 1. The maximum absolute atomic E-state index is 11.9. The van der Waals surface area contributed by atoms with Gasteiger partial charge in [0.25, 0.3) is 0 Å². The molecule has 0 spiro atoms. The van der Waals surface area contributed by atoms with Crippen molar-refractivity contribution in [3.05, 3.63) is 0 Å². The first-order chi connectivity index (χ1) is 6.81. The number of amides is 1. The molecule has 15 heavy (non-hydrogen) atoms. The van der Waals surface area contributed by atoms with E-state index < -0.39 is 0 Å². The smallest absolute Gasteiger partial charge is 0.231 e. The molecule has 0 saturated heterocycles. The normalized spacial score (nSPS) is 27.5. The van der Waals surface area contributed by atoms with Gasteiger partial charge in [-0.1, -0.05) is 6.92 Å². The summed E-state index contributed by atoms with van der Waals surface area (Å²) in [5.41, 5.74) is 5.79. The third-order valence-corrected chi connectivity index (χ3v) is 3.22. The molecule has 2 N–H and O–H groups in total. The van der Waals surface area contributed by atoms with Gasteiger partial charge in [-0.25, -0.2) is 4.99 Å². The molecule has 0 unspecified atom stereocenters. The van der Waals surface area contributed by atoms with E-state index >= 15 is 0 Å². The molecule has 1 saturated carbocycles. The second-order valence-electron chi connectivity index (χ2n) is 5.75. The first-order valence-electron chi connectivity index (χ1n) is 5.47. The van der Waals surface area contributed by atoms with E-state index in [2.05, 4.69) is 11.9 Å². The molecule has 0 bridgehead atoms. The highest BCUT2D eigenvalue weighted by atomic mass is 16.2. The van der Waals surface area contributed by atoms with Gasteiger partial charge in [-0.15, -0.1) is 0 Å². The lowest BCUT2D eigenvalue weighted by Gasteiger charge is -2.34. The number of nitrogens with two attached hydrogens (primary N) is 1. The number of hydrogen-bond acceptors (Lipinski definition) is 3. The topological polar surface area (TPSA) is 58.7 Å². The van der Waals surface area contributed by atoms with Crippen molar-refractivity contribution in [1.29, 1.82) is 0 Å². The number of guanidine groups is 1. The molecule has 1 heterocycles. The Morgan fingerprint density at radius 3 is 2.47 bits per heavy atom. The minimum Gasteiger partial charge on any atom is -0.369 e. The zero-order valence-electron chi connectivity index (χ0n) is 9.71. The van der Waals surface area contributed by atoms with Crippen molar-refractivity contribution in [2.75, 3.05) is 6.54 Å². The van der Waals surface area contributed by atoms with Gasteiger partial charge in [0.15, 0.2) is 5.96 Å². The molecule has 1 fully saturated rings. The third kappa shape index (κ3) is 2.13. The van der Waals surface area contributed by atoms with Gasteiger partial charge in [-0.3, -0.25) is 9.69 Å². The molecule has 2 rings (SSSR count). The monoisotopic (exact) mass is 209 g/mol. The van der Waals surface area contributed by atoms with Crippen molar-refractivity contribution in [2.24, 2.45) is 16.1 Å². The fourth-order valence-corrected chi connectivity index (χ4v) is 1.93. The number of aliphatic imine (C=N–C) groups is 1. The number of carbonyl (C=O) groups excluding carboxylic acids is 1. The first kappa shape index (κ1) is 10.5. The molecule has 0 aromatic carbocycles. The van der Waals surface area contributed by atoms with E-state index in [1.165, 1.54) is 12.8 Å². The third-order valence-electron chi connectivity index (χ3n) is 3.22. The summed E-state index contributed by atoms with van der Waals surface area (Å²) < 4.78 is 0. The van der Waals surface area contributed by atoms with Crippen LogP contribution in [0.25, 0.3) is 0 Å². The van der Waals surface area contributed by atoms with Gasteiger partial charge >= 0.3 is 0 Å². The Morgan fingerprint density at radius 1 is 1.40 bits per heavy atom. The first-order valence-corrected chi connectivity index (χ1v) is 5.47. The zero-order valence-corrected chi connectivity index (χ0v) is 9.71. The Labute approximate surface area is 90.5 Å². The van der Waals surface area contributed by atoms with Gasteiger partial charge in [0.2, 0.25) is 5.91 Å². The van der Waals surface area contributed by atoms with Gasteiger partial charge in [-0.2, -0.15) is 0 Å². The summed E-state index contributed by atoms with van der Waals surface area (Å²) in [6.45, 7) is 6.80. The SMILES string of the molecule is CC1(CN2C(=O)CC(C)(C)N=C2N)CC1. The highest BCUT2D eigenvalue weighted by Crippen LogP contribution is 2.45. The van der Waals surface area contributed by atoms with Gasteiger partial charge in [0.1, 0.15) is 0 Å². The maximum atomic E-state index is 11.9. The van der Waals surface area contributed by atoms with Crippen LogP contribution in [-0.2, 0) is 4.79 Å². The lowest BCUT2D eigenvalue weighted by molar-refractivity contribution is -0.129. The standard InChI is InChI=1S/C11H19N3O/c1-10(2)6-8(15)14(9(12)13-10)7-11(3)4-5-11/h4-7H2,1-3H3,(H2,12,13). The van der Waals surface area contributed by atoms with Crippen molar-refractivity contribution >= 4 is 11.9 Å². The molecule has 2 aliphatic rings. The predicted octanol–water partition coefficient (Wildman–Crippen LogP) is 1.11. The van der Waals surface area contributed by atoms with Crippen LogP contribution in [0.3, 0.4) is 0 Å². The molecule has 0 atom stereocenters. The minimum absolute atomic E-state index is 0.112. The van der Waals surface area contributed by atoms with E-state index in [0.29, 0.717) is 12.4 Å². The van der Waals surface area contributed by atoms with Crippen LogP contribution in [0.15, 0.2) is 4.99 Å². The molecule has 1 amide bonds. The average molecular weight is 209 g/mol. The summed E-state index contributed by atoms with van der Waals surface area (Å²) in [4.78, 5) is 17.9. The molecule has 1 aliphatic carbocycles. The van der Waals surface area contributed by atoms with Gasteiger partial charge in [-0.05, 0) is 32.1 Å². The molecular formula is C11H19N3O. The summed E-state index contributed by atoms with van der Waals surface area (Å²) >= 11 is 0. The average Bonchev–Trinajstić information content (AvgIpc) is 2.76. The molecule has 4 heteroatoms. The molecule has 4 nitrogen and oxygen atoms in total. The van der Waals surface area contributed by atoms with E-state index in [1.807, 2.05) is 13.8 Å². The van der Waals surface area contributed by atoms with E-state index in [-0.39, 0.29) is 16.9 Å². The van der Waals surface area contributed by atoms with Gasteiger partial charge in [0.05, 0.1) is 12.0 Å². The van der Waals surface area contributed by atoms with Crippen molar-refractivity contribution in [3.8, 4) is 0 Å². The van der Waals surface area contributed by atoms with Crippen LogP contribution in [0, 0.1) is 5.41 Å². The van der Waals surface area contributed by atoms with Crippen molar-refractivity contribution in [2.45, 2.75) is 45.6 Å². The number of nitrogens with zero attached hydrogens (tertiary/aromatic N) is 2. The highest BCUT2D eigenvalue weighted by molar-refractivity contribution is 5.99. The summed E-state index contributed by atoms with van der Waals surface area (Å²) in [5, 5.41) is 0. The quantitative estimate of drug-likeness (QED) is 0.740. The summed E-state index contributed by atoms with van der Waals surface area (Å²) in [7, 11) is 0. The fraction of sp³-hybridized carbons (Fsp3) is 0.818. The van der Waals surface area contributed by atoms with E-state index in [1.54, 1.807) is 4.90 Å². The molecular weight excluding hydrogens is 190 g/mol. The van der Waals surface area contributed by atoms with E-state index in [4.69, 9.17) is 5.73 Å². The molecule has 0 radical (unpaired) electrons. The van der Waals surface area contributed by atoms with Crippen LogP contribution in [0.5, 0.6) is 0 Å². The number of rotatable bonds is 2. The maximum Gasteiger partial charge on any atom is 0.231 e. The second-order valence-corrected chi connectivity index (χ2v) is 5.75. The van der Waals surface area contributed by atoms with Crippen LogP contribution in [0.1, 0.15) is 40.0 Å². The van der Waals surface area contributed by atoms with Gasteiger partial charge < -0.3 is 5.73 Å². The number of hydrogen-bond donors (Lipinski definition) is 1. The van der Waals surface area contributed by atoms with Crippen LogP contribution in [0.2, 0.25) is 0 Å².